The lowest BCUT2D eigenvalue weighted by Gasteiger charge is -2.37. The van der Waals surface area contributed by atoms with Gasteiger partial charge in [0.05, 0.1) is 13.2 Å². The van der Waals surface area contributed by atoms with E-state index >= 15 is 0 Å². The van der Waals surface area contributed by atoms with Crippen molar-refractivity contribution in [2.24, 2.45) is 11.8 Å². The molecule has 0 radical (unpaired) electrons. The van der Waals surface area contributed by atoms with Crippen LogP contribution in [0, 0.1) is 17.7 Å². The molecule has 1 aromatic carbocycles. The first-order valence-electron chi connectivity index (χ1n) is 8.92. The van der Waals surface area contributed by atoms with Gasteiger partial charge in [-0.05, 0) is 29.9 Å². The molecule has 0 bridgehead atoms. The summed E-state index contributed by atoms with van der Waals surface area (Å²) in [7, 11) is 0. The maximum Gasteiger partial charge on any atom is 0.223 e. The number of benzene rings is 1. The Kier molecular flexibility index (Phi) is 5.51. The minimum absolute atomic E-state index is 0.0343. The van der Waals surface area contributed by atoms with Crippen LogP contribution in [0.15, 0.2) is 24.3 Å². The molecule has 1 aliphatic carbocycles. The maximum absolute atomic E-state index is 13.8. The summed E-state index contributed by atoms with van der Waals surface area (Å²) in [5.74, 6) is 0.268. The molecule has 132 valence electrons. The molecule has 2 fully saturated rings. The summed E-state index contributed by atoms with van der Waals surface area (Å²) in [5.41, 5.74) is 0.672. The summed E-state index contributed by atoms with van der Waals surface area (Å²) in [6, 6.07) is 7.10. The molecule has 2 aliphatic rings. The molecular weight excluding hydrogens is 307 g/mol. The van der Waals surface area contributed by atoms with Crippen molar-refractivity contribution in [3.8, 4) is 0 Å². The standard InChI is InChI=1S/C19H27FN2O2/c1-13(2)18(22-7-9-24-10-8-22)12-21-19(23)16-11-15(16)14-5-3-4-6-17(14)20/h3-6,13,15-16,18H,7-12H2,1-2H3,(H,21,23). The number of amides is 1. The molecule has 1 N–H and O–H groups in total. The third-order valence-electron chi connectivity index (χ3n) is 5.20. The fourth-order valence-electron chi connectivity index (χ4n) is 3.64. The molecule has 3 unspecified atom stereocenters. The summed E-state index contributed by atoms with van der Waals surface area (Å²) in [4.78, 5) is 14.8. The van der Waals surface area contributed by atoms with Crippen LogP contribution in [0.1, 0.15) is 31.7 Å². The number of nitrogens with zero attached hydrogens (tertiary/aromatic N) is 1. The molecule has 1 amide bonds. The lowest BCUT2D eigenvalue weighted by atomic mass is 10.0. The monoisotopic (exact) mass is 334 g/mol. The number of morpholine rings is 1. The Hall–Kier alpha value is -1.46. The van der Waals surface area contributed by atoms with Crippen LogP contribution in [-0.4, -0.2) is 49.7 Å². The fourth-order valence-corrected chi connectivity index (χ4v) is 3.64. The average Bonchev–Trinajstić information content (AvgIpc) is 3.36. The molecule has 0 aromatic heterocycles. The van der Waals surface area contributed by atoms with Crippen molar-refractivity contribution in [2.75, 3.05) is 32.8 Å². The third-order valence-corrected chi connectivity index (χ3v) is 5.20. The van der Waals surface area contributed by atoms with Crippen LogP contribution in [0.25, 0.3) is 0 Å². The Morgan fingerprint density at radius 3 is 2.71 bits per heavy atom. The third kappa shape index (κ3) is 3.95. The molecule has 1 heterocycles. The predicted molar refractivity (Wildman–Crippen MR) is 91.3 cm³/mol. The minimum Gasteiger partial charge on any atom is -0.379 e. The SMILES string of the molecule is CC(C)C(CNC(=O)C1CC1c1ccccc1F)N1CCOCC1. The van der Waals surface area contributed by atoms with Crippen molar-refractivity contribution in [3.05, 3.63) is 35.6 Å². The molecular formula is C19H27FN2O2. The number of halogens is 1. The lowest BCUT2D eigenvalue weighted by molar-refractivity contribution is -0.122. The van der Waals surface area contributed by atoms with Gasteiger partial charge in [0.2, 0.25) is 5.91 Å². The van der Waals surface area contributed by atoms with Crippen LogP contribution in [0.2, 0.25) is 0 Å². The molecule has 1 saturated carbocycles. The minimum atomic E-state index is -0.203. The van der Waals surface area contributed by atoms with Gasteiger partial charge in [0.25, 0.3) is 0 Å². The Labute approximate surface area is 143 Å². The van der Waals surface area contributed by atoms with Gasteiger partial charge in [-0.1, -0.05) is 32.0 Å². The Balaban J connectivity index is 1.52. The molecule has 1 aliphatic heterocycles. The second-order valence-electron chi connectivity index (χ2n) is 7.18. The number of nitrogens with one attached hydrogen (secondary N) is 1. The van der Waals surface area contributed by atoms with E-state index in [1.807, 2.05) is 6.07 Å². The zero-order valence-corrected chi connectivity index (χ0v) is 14.5. The van der Waals surface area contributed by atoms with Gasteiger partial charge in [0.1, 0.15) is 5.82 Å². The molecule has 1 aromatic rings. The largest absolute Gasteiger partial charge is 0.379 e. The highest BCUT2D eigenvalue weighted by Gasteiger charge is 2.45. The van der Waals surface area contributed by atoms with Crippen LogP contribution >= 0.6 is 0 Å². The summed E-state index contributed by atoms with van der Waals surface area (Å²) < 4.78 is 19.2. The molecule has 3 atom stereocenters. The van der Waals surface area contributed by atoms with Crippen LogP contribution < -0.4 is 5.32 Å². The smallest absolute Gasteiger partial charge is 0.223 e. The van der Waals surface area contributed by atoms with E-state index in [-0.39, 0.29) is 23.6 Å². The average molecular weight is 334 g/mol. The molecule has 1 saturated heterocycles. The number of rotatable bonds is 6. The van der Waals surface area contributed by atoms with Gasteiger partial charge in [-0.25, -0.2) is 4.39 Å². The van der Waals surface area contributed by atoms with E-state index in [2.05, 4.69) is 24.1 Å². The van der Waals surface area contributed by atoms with Crippen molar-refractivity contribution < 1.29 is 13.9 Å². The van der Waals surface area contributed by atoms with Crippen molar-refractivity contribution in [2.45, 2.75) is 32.2 Å². The number of hydrogen-bond donors (Lipinski definition) is 1. The molecule has 4 nitrogen and oxygen atoms in total. The van der Waals surface area contributed by atoms with Crippen LogP contribution in [0.5, 0.6) is 0 Å². The fraction of sp³-hybridized carbons (Fsp3) is 0.632. The number of ether oxygens (including phenoxy) is 1. The summed E-state index contributed by atoms with van der Waals surface area (Å²) in [6.45, 7) is 8.37. The van der Waals surface area contributed by atoms with Crippen LogP contribution in [0.3, 0.4) is 0 Å². The Morgan fingerprint density at radius 2 is 2.04 bits per heavy atom. The molecule has 24 heavy (non-hydrogen) atoms. The van der Waals surface area contributed by atoms with Gasteiger partial charge < -0.3 is 10.1 Å². The lowest BCUT2D eigenvalue weighted by Crippen LogP contribution is -2.51. The number of carbonyl (C=O) groups is 1. The number of hydrogen-bond acceptors (Lipinski definition) is 3. The van der Waals surface area contributed by atoms with E-state index in [1.165, 1.54) is 6.07 Å². The zero-order valence-electron chi connectivity index (χ0n) is 14.5. The predicted octanol–water partition coefficient (Wildman–Crippen LogP) is 2.40. The maximum atomic E-state index is 13.8. The summed E-state index contributed by atoms with van der Waals surface area (Å²) >= 11 is 0. The Bertz CT molecular complexity index is 572. The van der Waals surface area contributed by atoms with Gasteiger partial charge in [-0.15, -0.1) is 0 Å². The topological polar surface area (TPSA) is 41.6 Å². The zero-order chi connectivity index (χ0) is 17.1. The first-order chi connectivity index (χ1) is 11.6. The second kappa shape index (κ2) is 7.62. The summed E-state index contributed by atoms with van der Waals surface area (Å²) in [6.07, 6.45) is 0.747. The van der Waals surface area contributed by atoms with Gasteiger partial charge >= 0.3 is 0 Å². The first-order valence-corrected chi connectivity index (χ1v) is 8.92. The first kappa shape index (κ1) is 17.4. The highest BCUT2D eigenvalue weighted by molar-refractivity contribution is 5.82. The van der Waals surface area contributed by atoms with Crippen LogP contribution in [0.4, 0.5) is 4.39 Å². The highest BCUT2D eigenvalue weighted by Crippen LogP contribution is 2.48. The van der Waals surface area contributed by atoms with Gasteiger partial charge in [-0.3, -0.25) is 9.69 Å². The van der Waals surface area contributed by atoms with Crippen LogP contribution in [-0.2, 0) is 9.53 Å². The van der Waals surface area contributed by atoms with E-state index in [4.69, 9.17) is 4.74 Å². The van der Waals surface area contributed by atoms with E-state index in [0.29, 0.717) is 24.1 Å². The van der Waals surface area contributed by atoms with E-state index < -0.39 is 0 Å². The van der Waals surface area contributed by atoms with Crippen molar-refractivity contribution in [1.82, 2.24) is 10.2 Å². The molecule has 0 spiro atoms. The van der Waals surface area contributed by atoms with Crippen molar-refractivity contribution in [1.29, 1.82) is 0 Å². The molecule has 5 heteroatoms. The van der Waals surface area contributed by atoms with Gasteiger partial charge in [0.15, 0.2) is 0 Å². The van der Waals surface area contributed by atoms with E-state index in [9.17, 15) is 9.18 Å². The van der Waals surface area contributed by atoms with Gasteiger partial charge in [0, 0.05) is 31.6 Å². The normalized spacial score (nSPS) is 25.5. The highest BCUT2D eigenvalue weighted by atomic mass is 19.1. The summed E-state index contributed by atoms with van der Waals surface area (Å²) in [5, 5.41) is 3.10. The number of carbonyl (C=O) groups excluding carboxylic acids is 1. The van der Waals surface area contributed by atoms with Crippen molar-refractivity contribution in [3.63, 3.8) is 0 Å². The Morgan fingerprint density at radius 1 is 1.33 bits per heavy atom. The quantitative estimate of drug-likeness (QED) is 0.869. The molecule has 3 rings (SSSR count). The van der Waals surface area contributed by atoms with Crippen molar-refractivity contribution >= 4 is 5.91 Å². The second-order valence-corrected chi connectivity index (χ2v) is 7.18. The van der Waals surface area contributed by atoms with E-state index in [1.54, 1.807) is 12.1 Å². The van der Waals surface area contributed by atoms with E-state index in [0.717, 1.165) is 32.7 Å². The van der Waals surface area contributed by atoms with Gasteiger partial charge in [-0.2, -0.15) is 0 Å².